The van der Waals surface area contributed by atoms with Crippen molar-refractivity contribution < 1.29 is 14.0 Å². The number of benzene rings is 1. The standard InChI is InChI=1S/C28H44O3Si/c1-23(2)14-12-16-25(22-30-27(29)26-18-10-9-11-19-26)17-13-15-24(3)20-21-31-32(7,8)28(4,5)6/h9-11,14,17-20H,12-13,15-16,21-22H2,1-8H3/b24-20+,25-17-. The van der Waals surface area contributed by atoms with E-state index in [0.29, 0.717) is 18.8 Å². The monoisotopic (exact) mass is 456 g/mol. The molecule has 0 radical (unpaired) electrons. The van der Waals surface area contributed by atoms with Gasteiger partial charge in [-0.05, 0) is 82.3 Å². The summed E-state index contributed by atoms with van der Waals surface area (Å²) in [5.74, 6) is -0.266. The molecule has 3 nitrogen and oxygen atoms in total. The highest BCUT2D eigenvalue weighted by Crippen LogP contribution is 2.36. The van der Waals surface area contributed by atoms with E-state index in [9.17, 15) is 4.79 Å². The van der Waals surface area contributed by atoms with Crippen LogP contribution in [0.15, 0.2) is 65.3 Å². The largest absolute Gasteiger partial charge is 0.458 e. The number of ether oxygens (including phenoxy) is 1. The maximum Gasteiger partial charge on any atom is 0.338 e. The Labute approximate surface area is 197 Å². The van der Waals surface area contributed by atoms with E-state index in [2.05, 4.69) is 72.9 Å². The van der Waals surface area contributed by atoms with Crippen LogP contribution in [-0.2, 0) is 9.16 Å². The van der Waals surface area contributed by atoms with E-state index in [0.717, 1.165) is 25.7 Å². The van der Waals surface area contributed by atoms with Crippen LogP contribution in [0.4, 0.5) is 0 Å². The summed E-state index contributed by atoms with van der Waals surface area (Å²) in [5.41, 5.74) is 4.42. The van der Waals surface area contributed by atoms with Crippen LogP contribution in [0.2, 0.25) is 18.1 Å². The Morgan fingerprint density at radius 1 is 0.938 bits per heavy atom. The summed E-state index contributed by atoms with van der Waals surface area (Å²) in [6.07, 6.45) is 10.5. The molecule has 1 aromatic carbocycles. The topological polar surface area (TPSA) is 35.5 Å². The molecule has 0 heterocycles. The summed E-state index contributed by atoms with van der Waals surface area (Å²) in [4.78, 5) is 12.3. The number of carbonyl (C=O) groups excluding carboxylic acids is 1. The smallest absolute Gasteiger partial charge is 0.338 e. The summed E-state index contributed by atoms with van der Waals surface area (Å²) in [5, 5.41) is 0.231. The molecule has 0 amide bonds. The van der Waals surface area contributed by atoms with Gasteiger partial charge in [0.25, 0.3) is 0 Å². The van der Waals surface area contributed by atoms with Gasteiger partial charge in [-0.1, -0.05) is 68.3 Å². The van der Waals surface area contributed by atoms with Gasteiger partial charge >= 0.3 is 5.97 Å². The van der Waals surface area contributed by atoms with Crippen molar-refractivity contribution >= 4 is 14.3 Å². The summed E-state index contributed by atoms with van der Waals surface area (Å²) in [7, 11) is -1.71. The van der Waals surface area contributed by atoms with Crippen molar-refractivity contribution in [1.82, 2.24) is 0 Å². The lowest BCUT2D eigenvalue weighted by molar-refractivity contribution is 0.0537. The zero-order valence-electron chi connectivity index (χ0n) is 21.6. The second kappa shape index (κ2) is 13.6. The lowest BCUT2D eigenvalue weighted by atomic mass is 10.1. The number of esters is 1. The molecular weight excluding hydrogens is 412 g/mol. The van der Waals surface area contributed by atoms with Gasteiger partial charge in [-0.2, -0.15) is 0 Å². The van der Waals surface area contributed by atoms with Crippen molar-refractivity contribution in [2.24, 2.45) is 0 Å². The fourth-order valence-corrected chi connectivity index (χ4v) is 3.74. The van der Waals surface area contributed by atoms with Gasteiger partial charge in [0.2, 0.25) is 0 Å². The van der Waals surface area contributed by atoms with Gasteiger partial charge in [0, 0.05) is 0 Å². The molecule has 32 heavy (non-hydrogen) atoms. The summed E-state index contributed by atoms with van der Waals surface area (Å²) in [6.45, 7) is 18.8. The Bertz CT molecular complexity index is 792. The molecule has 4 heteroatoms. The van der Waals surface area contributed by atoms with E-state index >= 15 is 0 Å². The third kappa shape index (κ3) is 11.1. The van der Waals surface area contributed by atoms with Crippen LogP contribution in [0, 0.1) is 0 Å². The molecule has 0 unspecified atom stereocenters. The molecule has 0 atom stereocenters. The third-order valence-corrected chi connectivity index (χ3v) is 10.6. The first kappa shape index (κ1) is 28.1. The van der Waals surface area contributed by atoms with Crippen molar-refractivity contribution in [1.29, 1.82) is 0 Å². The van der Waals surface area contributed by atoms with Crippen molar-refractivity contribution in [3.05, 3.63) is 70.8 Å². The molecule has 0 aliphatic heterocycles. The van der Waals surface area contributed by atoms with E-state index in [1.165, 1.54) is 16.7 Å². The Kier molecular flexibility index (Phi) is 11.9. The molecule has 0 aliphatic carbocycles. The normalized spacial score (nSPS) is 13.1. The Balaban J connectivity index is 2.63. The summed E-state index contributed by atoms with van der Waals surface area (Å²) >= 11 is 0. The zero-order valence-corrected chi connectivity index (χ0v) is 22.6. The molecule has 0 aliphatic rings. The average Bonchev–Trinajstić information content (AvgIpc) is 2.70. The molecule has 0 saturated carbocycles. The van der Waals surface area contributed by atoms with Gasteiger partial charge in [0.1, 0.15) is 6.61 Å². The van der Waals surface area contributed by atoms with Gasteiger partial charge in [-0.3, -0.25) is 0 Å². The lowest BCUT2D eigenvalue weighted by Crippen LogP contribution is -2.40. The van der Waals surface area contributed by atoms with E-state index in [1.807, 2.05) is 18.2 Å². The van der Waals surface area contributed by atoms with Crippen molar-refractivity contribution in [2.75, 3.05) is 13.2 Å². The molecule has 0 saturated heterocycles. The van der Waals surface area contributed by atoms with Crippen LogP contribution in [0.3, 0.4) is 0 Å². The number of hydrogen-bond acceptors (Lipinski definition) is 3. The van der Waals surface area contributed by atoms with E-state index in [-0.39, 0.29) is 11.0 Å². The highest BCUT2D eigenvalue weighted by molar-refractivity contribution is 6.74. The third-order valence-electron chi connectivity index (χ3n) is 6.07. The molecule has 0 bridgehead atoms. The first-order valence-electron chi connectivity index (χ1n) is 11.8. The van der Waals surface area contributed by atoms with E-state index in [4.69, 9.17) is 9.16 Å². The molecule has 1 rings (SSSR count). The molecule has 0 aromatic heterocycles. The minimum atomic E-state index is -1.71. The number of allylic oxidation sites excluding steroid dienone is 4. The highest BCUT2D eigenvalue weighted by atomic mass is 28.4. The van der Waals surface area contributed by atoms with Crippen LogP contribution >= 0.6 is 0 Å². The van der Waals surface area contributed by atoms with Crippen molar-refractivity contribution in [2.45, 2.75) is 85.4 Å². The van der Waals surface area contributed by atoms with Gasteiger partial charge < -0.3 is 9.16 Å². The number of rotatable bonds is 12. The van der Waals surface area contributed by atoms with Crippen LogP contribution in [0.25, 0.3) is 0 Å². The predicted octanol–water partition coefficient (Wildman–Crippen LogP) is 8.26. The Morgan fingerprint density at radius 3 is 2.16 bits per heavy atom. The van der Waals surface area contributed by atoms with Crippen LogP contribution < -0.4 is 0 Å². The molecular formula is C28H44O3Si. The second-order valence-corrected chi connectivity index (χ2v) is 15.1. The van der Waals surface area contributed by atoms with Crippen molar-refractivity contribution in [3.8, 4) is 0 Å². The van der Waals surface area contributed by atoms with Crippen LogP contribution in [-0.4, -0.2) is 27.5 Å². The Hall–Kier alpha value is -1.91. The predicted molar refractivity (Wildman–Crippen MR) is 140 cm³/mol. The Morgan fingerprint density at radius 2 is 1.56 bits per heavy atom. The average molecular weight is 457 g/mol. The lowest BCUT2D eigenvalue weighted by Gasteiger charge is -2.35. The number of carbonyl (C=O) groups is 1. The summed E-state index contributed by atoms with van der Waals surface area (Å²) in [6, 6.07) is 9.18. The SMILES string of the molecule is CC(C)=CCC/C(=C/CC/C(C)=C/CO[Si](C)(C)C(C)(C)C)COC(=O)c1ccccc1. The molecule has 0 spiro atoms. The molecule has 1 aromatic rings. The second-order valence-electron chi connectivity index (χ2n) is 10.3. The molecule has 178 valence electrons. The van der Waals surface area contributed by atoms with Gasteiger partial charge in [0.15, 0.2) is 8.32 Å². The van der Waals surface area contributed by atoms with Crippen LogP contribution in [0.1, 0.15) is 77.6 Å². The zero-order chi connectivity index (χ0) is 24.2. The fourth-order valence-electron chi connectivity index (χ4n) is 2.81. The first-order chi connectivity index (χ1) is 14.9. The highest BCUT2D eigenvalue weighted by Gasteiger charge is 2.36. The molecule has 0 N–H and O–H groups in total. The van der Waals surface area contributed by atoms with E-state index < -0.39 is 8.32 Å². The van der Waals surface area contributed by atoms with E-state index in [1.54, 1.807) is 12.1 Å². The quantitative estimate of drug-likeness (QED) is 0.180. The van der Waals surface area contributed by atoms with Crippen molar-refractivity contribution in [3.63, 3.8) is 0 Å². The minimum Gasteiger partial charge on any atom is -0.458 e. The maximum absolute atomic E-state index is 12.3. The number of hydrogen-bond donors (Lipinski definition) is 0. The van der Waals surface area contributed by atoms with Gasteiger partial charge in [0.05, 0.1) is 12.2 Å². The fraction of sp³-hybridized carbons (Fsp3) is 0.536. The maximum atomic E-state index is 12.3. The van der Waals surface area contributed by atoms with Gasteiger partial charge in [-0.15, -0.1) is 0 Å². The molecule has 0 fully saturated rings. The first-order valence-corrected chi connectivity index (χ1v) is 14.7. The summed E-state index contributed by atoms with van der Waals surface area (Å²) < 4.78 is 11.8. The minimum absolute atomic E-state index is 0.231. The van der Waals surface area contributed by atoms with Gasteiger partial charge in [-0.25, -0.2) is 4.79 Å². The van der Waals surface area contributed by atoms with Crippen LogP contribution in [0.5, 0.6) is 0 Å².